The maximum Gasteiger partial charge on any atom is 0.419 e. The van der Waals surface area contributed by atoms with E-state index in [0.717, 1.165) is 16.5 Å². The third-order valence-corrected chi connectivity index (χ3v) is 8.51. The van der Waals surface area contributed by atoms with E-state index in [1.165, 1.54) is 4.57 Å². The van der Waals surface area contributed by atoms with E-state index in [9.17, 15) is 13.2 Å². The molecule has 3 aromatic rings. The number of aromatic nitrogens is 1. The number of hydrogen-bond acceptors (Lipinski definition) is 4. The molecule has 1 atom stereocenters. The van der Waals surface area contributed by atoms with Crippen LogP contribution >= 0.6 is 0 Å². The highest BCUT2D eigenvalue weighted by molar-refractivity contribution is 8.00. The Morgan fingerprint density at radius 1 is 1.06 bits per heavy atom. The molecule has 0 saturated heterocycles. The average Bonchev–Trinajstić information content (AvgIpc) is 2.98. The molecule has 0 N–H and O–H groups in total. The third kappa shape index (κ3) is 4.91. The summed E-state index contributed by atoms with van der Waals surface area (Å²) in [5.41, 5.74) is 1.78. The molecule has 1 heterocycles. The molecule has 1 aromatic heterocycles. The van der Waals surface area contributed by atoms with E-state index < -0.39 is 32.4 Å². The predicted molar refractivity (Wildman–Crippen MR) is 125 cm³/mol. The normalized spacial score (nSPS) is 13.5. The molecule has 166 valence electrons. The Balaban J connectivity index is 2.25. The molecule has 3 rings (SSSR count). The van der Waals surface area contributed by atoms with E-state index in [1.54, 1.807) is 45.0 Å². The summed E-state index contributed by atoms with van der Waals surface area (Å²) in [6.07, 6.45) is -0.541. The lowest BCUT2D eigenvalue weighted by Crippen LogP contribution is -2.28. The number of hydrogen-bond donors (Lipinski definition) is 0. The van der Waals surface area contributed by atoms with E-state index in [0.29, 0.717) is 16.3 Å². The van der Waals surface area contributed by atoms with E-state index in [4.69, 9.17) is 4.74 Å². The van der Waals surface area contributed by atoms with Crippen molar-refractivity contribution >= 4 is 37.7 Å². The molecule has 2 aromatic carbocycles. The van der Waals surface area contributed by atoms with Gasteiger partial charge in [0.25, 0.3) is 10.0 Å². The highest BCUT2D eigenvalue weighted by atomic mass is 32.3. The van der Waals surface area contributed by atoms with Gasteiger partial charge < -0.3 is 4.74 Å². The first kappa shape index (κ1) is 23.2. The second-order valence-electron chi connectivity index (χ2n) is 8.28. The molecule has 0 aliphatic heterocycles. The molecule has 0 bridgehead atoms. The zero-order chi connectivity index (χ0) is 23.0. The Morgan fingerprint density at radius 3 is 2.26 bits per heavy atom. The third-order valence-electron chi connectivity index (χ3n) is 4.65. The minimum absolute atomic E-state index is 0.140. The van der Waals surface area contributed by atoms with Crippen molar-refractivity contribution in [3.63, 3.8) is 0 Å². The molecule has 0 fully saturated rings. The van der Waals surface area contributed by atoms with Gasteiger partial charge in [-0.15, -0.1) is 3.77 Å². The van der Waals surface area contributed by atoms with Crippen LogP contribution in [-0.2, 0) is 25.5 Å². The smallest absolute Gasteiger partial charge is 0.419 e. The van der Waals surface area contributed by atoms with Gasteiger partial charge >= 0.3 is 6.09 Å². The maximum absolute atomic E-state index is 13.2. The molecule has 6 nitrogen and oxygen atoms in total. The van der Waals surface area contributed by atoms with Crippen molar-refractivity contribution in [2.75, 3.05) is 5.75 Å². The number of ether oxygens (including phenoxy) is 1. The van der Waals surface area contributed by atoms with Gasteiger partial charge in [-0.25, -0.2) is 9.36 Å². The van der Waals surface area contributed by atoms with Crippen LogP contribution in [0.3, 0.4) is 0 Å². The number of benzene rings is 2. The molecule has 0 aliphatic carbocycles. The van der Waals surface area contributed by atoms with Crippen LogP contribution in [-0.4, -0.2) is 30.4 Å². The minimum atomic E-state index is -3.90. The summed E-state index contributed by atoms with van der Waals surface area (Å²) in [6.45, 7) is 11.1. The summed E-state index contributed by atoms with van der Waals surface area (Å²) in [6, 6.07) is 14.1. The zero-order valence-corrected chi connectivity index (χ0v) is 20.3. The van der Waals surface area contributed by atoms with Crippen LogP contribution in [0.25, 0.3) is 10.9 Å². The summed E-state index contributed by atoms with van der Waals surface area (Å²) in [5.74, 6) is 0.436. The molecule has 0 saturated carbocycles. The fourth-order valence-corrected chi connectivity index (χ4v) is 6.84. The first-order valence-corrected chi connectivity index (χ1v) is 12.8. The molecular formula is C23H28N2O4S2. The fraction of sp³-hybridized carbons (Fsp3) is 0.348. The average molecular weight is 461 g/mol. The van der Waals surface area contributed by atoms with Crippen molar-refractivity contribution in [2.45, 2.75) is 57.1 Å². The van der Waals surface area contributed by atoms with Gasteiger partial charge in [-0.05, 0) is 69.1 Å². The number of para-hydroxylation sites is 1. The largest absolute Gasteiger partial charge is 0.443 e. The highest BCUT2D eigenvalue weighted by Crippen LogP contribution is 2.31. The second kappa shape index (κ2) is 8.59. The summed E-state index contributed by atoms with van der Waals surface area (Å²) in [4.78, 5) is 13.3. The summed E-state index contributed by atoms with van der Waals surface area (Å²) in [5, 5.41) is 1.44. The fourth-order valence-electron chi connectivity index (χ4n) is 3.25. The lowest BCUT2D eigenvalue weighted by molar-refractivity contribution is 0.0531. The molecule has 31 heavy (non-hydrogen) atoms. The molecule has 0 amide bonds. The zero-order valence-electron chi connectivity index (χ0n) is 18.7. The van der Waals surface area contributed by atoms with Crippen molar-refractivity contribution in [1.29, 1.82) is 0 Å². The Morgan fingerprint density at radius 2 is 1.68 bits per heavy atom. The number of carbonyl (C=O) groups excluding carboxylic acids is 1. The van der Waals surface area contributed by atoms with Crippen LogP contribution in [0, 0.1) is 13.8 Å². The number of carbonyl (C=O) groups is 1. The van der Waals surface area contributed by atoms with Crippen LogP contribution < -0.4 is 0 Å². The van der Waals surface area contributed by atoms with Crippen LogP contribution in [0.2, 0.25) is 0 Å². The van der Waals surface area contributed by atoms with E-state index in [1.807, 2.05) is 45.0 Å². The molecule has 8 heteroatoms. The van der Waals surface area contributed by atoms with Gasteiger partial charge in [0.15, 0.2) is 0 Å². The second-order valence-corrected chi connectivity index (χ2v) is 12.0. The number of rotatable bonds is 4. The number of fused-ring (bicyclic) bond motifs is 1. The lowest BCUT2D eigenvalue weighted by atomic mass is 10.2. The summed E-state index contributed by atoms with van der Waals surface area (Å²) < 4.78 is 37.5. The van der Waals surface area contributed by atoms with Crippen molar-refractivity contribution in [1.82, 2.24) is 4.57 Å². The van der Waals surface area contributed by atoms with Crippen LogP contribution in [0.1, 0.15) is 38.8 Å². The Labute approximate surface area is 186 Å². The van der Waals surface area contributed by atoms with Gasteiger partial charge in [0.1, 0.15) is 10.6 Å². The van der Waals surface area contributed by atoms with E-state index >= 15 is 0 Å². The van der Waals surface area contributed by atoms with Crippen molar-refractivity contribution in [3.8, 4) is 0 Å². The van der Waals surface area contributed by atoms with Crippen molar-refractivity contribution in [3.05, 3.63) is 59.7 Å². The van der Waals surface area contributed by atoms with Gasteiger partial charge in [0.2, 0.25) is 0 Å². The van der Waals surface area contributed by atoms with Crippen molar-refractivity contribution < 1.29 is 17.9 Å². The van der Waals surface area contributed by atoms with Crippen LogP contribution in [0.5, 0.6) is 0 Å². The van der Waals surface area contributed by atoms with Gasteiger partial charge in [-0.1, -0.05) is 42.8 Å². The first-order valence-electron chi connectivity index (χ1n) is 10.0. The first-order chi connectivity index (χ1) is 14.4. The Kier molecular flexibility index (Phi) is 6.43. The predicted octanol–water partition coefficient (Wildman–Crippen LogP) is 5.61. The highest BCUT2D eigenvalue weighted by Gasteiger charge is 2.27. The lowest BCUT2D eigenvalue weighted by Gasteiger charge is -2.21. The molecule has 0 spiro atoms. The van der Waals surface area contributed by atoms with Gasteiger partial charge in [-0.2, -0.15) is 8.42 Å². The van der Waals surface area contributed by atoms with E-state index in [-0.39, 0.29) is 4.90 Å². The van der Waals surface area contributed by atoms with Crippen LogP contribution in [0.4, 0.5) is 4.79 Å². The maximum atomic E-state index is 13.2. The van der Waals surface area contributed by atoms with Gasteiger partial charge in [0.05, 0.1) is 10.4 Å². The standard InChI is InChI=1S/C23H28N2O4S2/c1-7-30(24-31(27,28)18-14-12-16(2)13-15-18)21-17(3)19-10-8-9-11-20(19)25(21)22(26)29-23(4,5)6/h8-15H,7H2,1-6H3. The monoisotopic (exact) mass is 460 g/mol. The minimum Gasteiger partial charge on any atom is -0.443 e. The summed E-state index contributed by atoms with van der Waals surface area (Å²) >= 11 is 0. The van der Waals surface area contributed by atoms with Gasteiger partial charge in [-0.3, -0.25) is 0 Å². The van der Waals surface area contributed by atoms with Crippen LogP contribution in [0.15, 0.2) is 62.2 Å². The van der Waals surface area contributed by atoms with E-state index in [2.05, 4.69) is 3.77 Å². The summed E-state index contributed by atoms with van der Waals surface area (Å²) in [7, 11) is -4.97. The molecule has 1 unspecified atom stereocenters. The SMILES string of the molecule is CCS(=NS(=O)(=O)c1ccc(C)cc1)c1c(C)c2ccccc2n1C(=O)OC(C)(C)C. The quantitative estimate of drug-likeness (QED) is 0.507. The topological polar surface area (TPSA) is 77.7 Å². The molecule has 0 aliphatic rings. The molecular weight excluding hydrogens is 432 g/mol. The molecule has 0 radical (unpaired) electrons. The Bertz CT molecular complexity index is 1270. The number of aryl methyl sites for hydroxylation is 2. The van der Waals surface area contributed by atoms with Crippen molar-refractivity contribution in [2.24, 2.45) is 3.77 Å². The number of sulfonamides is 1. The van der Waals surface area contributed by atoms with Gasteiger partial charge in [0, 0.05) is 11.1 Å². The number of nitrogens with zero attached hydrogens (tertiary/aromatic N) is 2. The Hall–Kier alpha value is -2.45.